The summed E-state index contributed by atoms with van der Waals surface area (Å²) in [4.78, 5) is 12.8. The molecule has 0 saturated carbocycles. The van der Waals surface area contributed by atoms with E-state index in [1.165, 1.54) is 0 Å². The van der Waals surface area contributed by atoms with Crippen molar-refractivity contribution in [3.8, 4) is 0 Å². The zero-order chi connectivity index (χ0) is 9.90. The molecule has 0 aromatic carbocycles. The molecule has 0 N–H and O–H groups in total. The number of amides is 1. The van der Waals surface area contributed by atoms with Gasteiger partial charge in [-0.1, -0.05) is 0 Å². The highest BCUT2D eigenvalue weighted by molar-refractivity contribution is 6.66. The fourth-order valence-corrected chi connectivity index (χ4v) is 1.44. The van der Waals surface area contributed by atoms with Crippen molar-refractivity contribution in [2.75, 3.05) is 13.1 Å². The highest BCUT2D eigenvalue weighted by Gasteiger charge is 2.28. The van der Waals surface area contributed by atoms with Crippen LogP contribution >= 0.6 is 34.8 Å². The van der Waals surface area contributed by atoms with Crippen molar-refractivity contribution < 1.29 is 9.53 Å². The van der Waals surface area contributed by atoms with E-state index in [-0.39, 0.29) is 0 Å². The fourth-order valence-electron chi connectivity index (χ4n) is 1.24. The molecular weight excluding hydrogens is 236 g/mol. The number of nitrogens with zero attached hydrogens (tertiary/aromatic N) is 1. The Hall–Kier alpha value is 0.140. The Labute approximate surface area is 91.9 Å². The molecule has 1 fully saturated rings. The minimum absolute atomic E-state index is 0.556. The Morgan fingerprint density at radius 2 is 1.69 bits per heavy atom. The quantitative estimate of drug-likeness (QED) is 0.615. The van der Waals surface area contributed by atoms with Crippen LogP contribution in [0.25, 0.3) is 0 Å². The van der Waals surface area contributed by atoms with Gasteiger partial charge in [0.2, 0.25) is 0 Å². The average Bonchev–Trinajstić information content (AvgIpc) is 2.03. The van der Waals surface area contributed by atoms with Gasteiger partial charge in [0.15, 0.2) is 0 Å². The molecule has 1 amide bonds. The average molecular weight is 247 g/mol. The first-order chi connectivity index (χ1) is 5.99. The van der Waals surface area contributed by atoms with Crippen LogP contribution in [-0.4, -0.2) is 28.1 Å². The number of carbonyl (C=O) groups excluding carboxylic acids is 1. The summed E-state index contributed by atoms with van der Waals surface area (Å²) < 4.78 is 2.61. The molecule has 1 aliphatic heterocycles. The Morgan fingerprint density at radius 1 is 1.15 bits per heavy atom. The lowest BCUT2D eigenvalue weighted by Crippen LogP contribution is -2.38. The van der Waals surface area contributed by atoms with E-state index in [0.29, 0.717) is 13.1 Å². The van der Waals surface area contributed by atoms with Gasteiger partial charge in [0, 0.05) is 13.1 Å². The van der Waals surface area contributed by atoms with Crippen molar-refractivity contribution >= 4 is 40.9 Å². The van der Waals surface area contributed by atoms with Crippen molar-refractivity contribution in [1.82, 2.24) is 4.90 Å². The van der Waals surface area contributed by atoms with E-state index < -0.39 is 10.1 Å². The predicted octanol–water partition coefficient (Wildman–Crippen LogP) is 2.94. The second-order valence-electron chi connectivity index (χ2n) is 2.86. The SMILES string of the molecule is O=C(OC(Cl)(Cl)Cl)N1CCCCC1. The van der Waals surface area contributed by atoms with E-state index in [1.54, 1.807) is 4.90 Å². The third-order valence-corrected chi connectivity index (χ3v) is 2.05. The van der Waals surface area contributed by atoms with Gasteiger partial charge in [-0.2, -0.15) is 0 Å². The number of likely N-dealkylation sites (tertiary alicyclic amines) is 1. The van der Waals surface area contributed by atoms with Gasteiger partial charge in [-0.3, -0.25) is 0 Å². The van der Waals surface area contributed by atoms with E-state index >= 15 is 0 Å². The lowest BCUT2D eigenvalue weighted by atomic mass is 10.1. The summed E-state index contributed by atoms with van der Waals surface area (Å²) in [6.45, 7) is 1.36. The molecular formula is C7H10Cl3NO2. The Balaban J connectivity index is 2.38. The van der Waals surface area contributed by atoms with Crippen molar-refractivity contribution in [2.45, 2.75) is 23.2 Å². The van der Waals surface area contributed by atoms with Crippen LogP contribution < -0.4 is 0 Å². The van der Waals surface area contributed by atoms with Crippen LogP contribution in [-0.2, 0) is 4.74 Å². The van der Waals surface area contributed by atoms with Crippen molar-refractivity contribution in [3.05, 3.63) is 0 Å². The van der Waals surface area contributed by atoms with Crippen LogP contribution in [0.15, 0.2) is 0 Å². The summed E-state index contributed by atoms with van der Waals surface area (Å²) >= 11 is 15.9. The standard InChI is InChI=1S/C7H10Cl3NO2/c8-7(9,10)13-6(12)11-4-2-1-3-5-11/h1-5H2. The molecule has 0 atom stereocenters. The maximum Gasteiger partial charge on any atom is 0.413 e. The minimum atomic E-state index is -1.95. The van der Waals surface area contributed by atoms with Crippen LogP contribution in [0.3, 0.4) is 0 Å². The predicted molar refractivity (Wildman–Crippen MR) is 52.2 cm³/mol. The third-order valence-electron chi connectivity index (χ3n) is 1.82. The number of carbonyl (C=O) groups is 1. The Morgan fingerprint density at radius 3 is 2.15 bits per heavy atom. The number of ether oxygens (including phenoxy) is 1. The molecule has 1 aliphatic rings. The topological polar surface area (TPSA) is 29.5 Å². The molecule has 3 nitrogen and oxygen atoms in total. The van der Waals surface area contributed by atoms with E-state index in [9.17, 15) is 4.79 Å². The van der Waals surface area contributed by atoms with Crippen LogP contribution in [0.4, 0.5) is 4.79 Å². The van der Waals surface area contributed by atoms with Gasteiger partial charge in [-0.15, -0.1) is 0 Å². The summed E-state index contributed by atoms with van der Waals surface area (Å²) in [5, 5.41) is 0. The molecule has 0 aromatic rings. The van der Waals surface area contributed by atoms with E-state index in [4.69, 9.17) is 34.8 Å². The van der Waals surface area contributed by atoms with Crippen molar-refractivity contribution in [3.63, 3.8) is 0 Å². The molecule has 13 heavy (non-hydrogen) atoms. The van der Waals surface area contributed by atoms with Gasteiger partial charge in [0.05, 0.1) is 0 Å². The molecule has 0 radical (unpaired) electrons. The lowest BCUT2D eigenvalue weighted by molar-refractivity contribution is 0.0931. The van der Waals surface area contributed by atoms with Crippen LogP contribution in [0, 0.1) is 0 Å². The van der Waals surface area contributed by atoms with E-state index in [0.717, 1.165) is 19.3 Å². The first-order valence-electron chi connectivity index (χ1n) is 4.04. The second-order valence-corrected chi connectivity index (χ2v) is 5.04. The number of hydrogen-bond donors (Lipinski definition) is 0. The zero-order valence-electron chi connectivity index (χ0n) is 6.93. The molecule has 0 unspecified atom stereocenters. The fraction of sp³-hybridized carbons (Fsp3) is 0.857. The first kappa shape index (κ1) is 11.2. The molecule has 6 heteroatoms. The van der Waals surface area contributed by atoms with Gasteiger partial charge in [0.25, 0.3) is 0 Å². The van der Waals surface area contributed by atoms with Crippen molar-refractivity contribution in [2.24, 2.45) is 0 Å². The monoisotopic (exact) mass is 245 g/mol. The molecule has 0 spiro atoms. The minimum Gasteiger partial charge on any atom is -0.398 e. The van der Waals surface area contributed by atoms with Gasteiger partial charge < -0.3 is 9.64 Å². The normalized spacial score (nSPS) is 18.5. The van der Waals surface area contributed by atoms with Crippen molar-refractivity contribution in [1.29, 1.82) is 0 Å². The van der Waals surface area contributed by atoms with Gasteiger partial charge in [-0.05, 0) is 54.1 Å². The van der Waals surface area contributed by atoms with Gasteiger partial charge in [-0.25, -0.2) is 4.79 Å². The first-order valence-corrected chi connectivity index (χ1v) is 5.17. The number of halogens is 3. The molecule has 0 bridgehead atoms. The summed E-state index contributed by atoms with van der Waals surface area (Å²) in [6.07, 6.45) is 2.54. The molecule has 1 heterocycles. The maximum atomic E-state index is 11.3. The summed E-state index contributed by atoms with van der Waals surface area (Å²) in [6, 6.07) is 0. The number of hydrogen-bond acceptors (Lipinski definition) is 2. The summed E-state index contributed by atoms with van der Waals surface area (Å²) in [7, 11) is 0. The maximum absolute atomic E-state index is 11.3. The summed E-state index contributed by atoms with van der Waals surface area (Å²) in [5.74, 6) is 0. The van der Waals surface area contributed by atoms with Crippen LogP contribution in [0.5, 0.6) is 0 Å². The molecule has 76 valence electrons. The Kier molecular flexibility index (Phi) is 3.95. The number of rotatable bonds is 0. The molecule has 1 saturated heterocycles. The van der Waals surface area contributed by atoms with Gasteiger partial charge in [0.1, 0.15) is 0 Å². The smallest absolute Gasteiger partial charge is 0.398 e. The zero-order valence-corrected chi connectivity index (χ0v) is 9.20. The second kappa shape index (κ2) is 4.58. The third kappa shape index (κ3) is 4.25. The van der Waals surface area contributed by atoms with E-state index in [1.807, 2.05) is 0 Å². The van der Waals surface area contributed by atoms with Gasteiger partial charge >= 0.3 is 10.1 Å². The Bertz CT molecular complexity index is 187. The molecule has 0 aliphatic carbocycles. The largest absolute Gasteiger partial charge is 0.413 e. The number of alkyl halides is 3. The molecule has 0 aromatic heterocycles. The summed E-state index contributed by atoms with van der Waals surface area (Å²) in [5.41, 5.74) is 0. The van der Waals surface area contributed by atoms with Crippen LogP contribution in [0.1, 0.15) is 19.3 Å². The number of piperidine rings is 1. The highest BCUT2D eigenvalue weighted by atomic mass is 35.6. The van der Waals surface area contributed by atoms with E-state index in [2.05, 4.69) is 4.74 Å². The van der Waals surface area contributed by atoms with Crippen LogP contribution in [0.2, 0.25) is 0 Å². The molecule has 1 rings (SSSR count). The highest BCUT2D eigenvalue weighted by Crippen LogP contribution is 2.28. The lowest BCUT2D eigenvalue weighted by Gasteiger charge is -2.27.